The van der Waals surface area contributed by atoms with Crippen LogP contribution in [0.3, 0.4) is 0 Å². The average Bonchev–Trinajstić information content (AvgIpc) is 2.44. The van der Waals surface area contributed by atoms with E-state index in [9.17, 15) is 31.1 Å². The molecule has 2 nitrogen and oxygen atoms in total. The normalized spacial score (nSPS) is 12.3. The standard InChI is InChI=1S/C15H8F6O2/c16-14(17,18)9-4-1-3-8(7-9)10-5-2-6-11(13(22)23)12(10)15(19,20)21/h1-7H,(H,22,23). The second kappa shape index (κ2) is 5.60. The van der Waals surface area contributed by atoms with Gasteiger partial charge < -0.3 is 5.11 Å². The number of halogens is 6. The van der Waals surface area contributed by atoms with Crippen LogP contribution in [0.1, 0.15) is 21.5 Å². The van der Waals surface area contributed by atoms with Crippen molar-refractivity contribution >= 4 is 5.97 Å². The zero-order chi connectivity index (χ0) is 17.4. The van der Waals surface area contributed by atoms with E-state index in [0.717, 1.165) is 36.4 Å². The van der Waals surface area contributed by atoms with Crippen molar-refractivity contribution in [1.82, 2.24) is 0 Å². The molecular weight excluding hydrogens is 326 g/mol. The molecule has 0 aliphatic rings. The summed E-state index contributed by atoms with van der Waals surface area (Å²) in [6, 6.07) is 6.03. The number of hydrogen-bond acceptors (Lipinski definition) is 1. The van der Waals surface area contributed by atoms with Crippen LogP contribution in [0.4, 0.5) is 26.3 Å². The zero-order valence-electron chi connectivity index (χ0n) is 11.2. The van der Waals surface area contributed by atoms with E-state index in [-0.39, 0.29) is 5.56 Å². The van der Waals surface area contributed by atoms with Gasteiger partial charge in [-0.3, -0.25) is 0 Å². The lowest BCUT2D eigenvalue weighted by Gasteiger charge is -2.16. The van der Waals surface area contributed by atoms with Crippen molar-refractivity contribution in [2.24, 2.45) is 0 Å². The van der Waals surface area contributed by atoms with Crippen LogP contribution in [-0.4, -0.2) is 11.1 Å². The molecule has 0 heterocycles. The van der Waals surface area contributed by atoms with E-state index in [2.05, 4.69) is 0 Å². The maximum Gasteiger partial charge on any atom is 0.417 e. The SMILES string of the molecule is O=C(O)c1cccc(-c2cccc(C(F)(F)F)c2)c1C(F)(F)F. The number of alkyl halides is 6. The van der Waals surface area contributed by atoms with Crippen molar-refractivity contribution in [3.8, 4) is 11.1 Å². The third-order valence-corrected chi connectivity index (χ3v) is 3.08. The van der Waals surface area contributed by atoms with Gasteiger partial charge in [0.1, 0.15) is 0 Å². The molecule has 0 aliphatic heterocycles. The van der Waals surface area contributed by atoms with Gasteiger partial charge in [-0.15, -0.1) is 0 Å². The quantitative estimate of drug-likeness (QED) is 0.777. The lowest BCUT2D eigenvalue weighted by atomic mass is 9.94. The third kappa shape index (κ3) is 3.46. The number of benzene rings is 2. The largest absolute Gasteiger partial charge is 0.478 e. The minimum atomic E-state index is -5.03. The topological polar surface area (TPSA) is 37.3 Å². The Morgan fingerprint density at radius 3 is 2.00 bits per heavy atom. The van der Waals surface area contributed by atoms with Gasteiger partial charge in [-0.25, -0.2) is 4.79 Å². The van der Waals surface area contributed by atoms with Gasteiger partial charge in [-0.2, -0.15) is 26.3 Å². The summed E-state index contributed by atoms with van der Waals surface area (Å²) in [4.78, 5) is 11.0. The van der Waals surface area contributed by atoms with Crippen molar-refractivity contribution in [2.45, 2.75) is 12.4 Å². The Bertz CT molecular complexity index is 746. The van der Waals surface area contributed by atoms with E-state index in [4.69, 9.17) is 5.11 Å². The number of rotatable bonds is 2. The van der Waals surface area contributed by atoms with Crippen LogP contribution < -0.4 is 0 Å². The Hall–Kier alpha value is -2.51. The van der Waals surface area contributed by atoms with Gasteiger partial charge in [0, 0.05) is 0 Å². The van der Waals surface area contributed by atoms with Crippen LogP contribution in [-0.2, 0) is 12.4 Å². The molecule has 0 atom stereocenters. The lowest BCUT2D eigenvalue weighted by Crippen LogP contribution is -2.14. The highest BCUT2D eigenvalue weighted by molar-refractivity contribution is 5.92. The summed E-state index contributed by atoms with van der Waals surface area (Å²) in [5, 5.41) is 8.90. The van der Waals surface area contributed by atoms with Crippen LogP contribution in [0.2, 0.25) is 0 Å². The van der Waals surface area contributed by atoms with Gasteiger partial charge >= 0.3 is 18.3 Å². The molecule has 0 radical (unpaired) electrons. The maximum atomic E-state index is 13.2. The first-order valence-corrected chi connectivity index (χ1v) is 6.13. The Morgan fingerprint density at radius 1 is 0.870 bits per heavy atom. The van der Waals surface area contributed by atoms with Crippen molar-refractivity contribution in [3.05, 3.63) is 59.2 Å². The molecule has 23 heavy (non-hydrogen) atoms. The number of carbonyl (C=O) groups is 1. The fourth-order valence-electron chi connectivity index (χ4n) is 2.14. The Kier molecular flexibility index (Phi) is 4.10. The molecule has 0 spiro atoms. The minimum absolute atomic E-state index is 0.366. The number of carboxylic acids is 1. The molecule has 0 aromatic heterocycles. The fraction of sp³-hybridized carbons (Fsp3) is 0.133. The molecule has 2 rings (SSSR count). The van der Waals surface area contributed by atoms with E-state index in [1.165, 1.54) is 0 Å². The summed E-state index contributed by atoms with van der Waals surface area (Å²) in [6.07, 6.45) is -9.75. The monoisotopic (exact) mass is 334 g/mol. The lowest BCUT2D eigenvalue weighted by molar-refractivity contribution is -0.138. The summed E-state index contributed by atoms with van der Waals surface area (Å²) in [6.45, 7) is 0. The van der Waals surface area contributed by atoms with Gasteiger partial charge in [0.25, 0.3) is 0 Å². The fourth-order valence-corrected chi connectivity index (χ4v) is 2.14. The predicted molar refractivity (Wildman–Crippen MR) is 68.8 cm³/mol. The highest BCUT2D eigenvalue weighted by Crippen LogP contribution is 2.40. The van der Waals surface area contributed by atoms with Crippen molar-refractivity contribution in [2.75, 3.05) is 0 Å². The first-order valence-electron chi connectivity index (χ1n) is 6.13. The molecule has 8 heteroatoms. The average molecular weight is 334 g/mol. The molecule has 1 N–H and O–H groups in total. The number of aromatic carboxylic acids is 1. The molecular formula is C15H8F6O2. The summed E-state index contributed by atoms with van der Waals surface area (Å²) >= 11 is 0. The molecule has 0 unspecified atom stereocenters. The third-order valence-electron chi connectivity index (χ3n) is 3.08. The van der Waals surface area contributed by atoms with Crippen molar-refractivity contribution in [1.29, 1.82) is 0 Å². The Balaban J connectivity index is 2.74. The van der Waals surface area contributed by atoms with Crippen LogP contribution in [0.5, 0.6) is 0 Å². The summed E-state index contributed by atoms with van der Waals surface area (Å²) in [5.41, 5.74) is -4.61. The van der Waals surface area contributed by atoms with E-state index in [0.29, 0.717) is 6.07 Å². The van der Waals surface area contributed by atoms with Gasteiger partial charge in [-0.1, -0.05) is 24.3 Å². The predicted octanol–water partition coefficient (Wildman–Crippen LogP) is 5.09. The van der Waals surface area contributed by atoms with Gasteiger partial charge in [-0.05, 0) is 29.3 Å². The summed E-state index contributed by atoms with van der Waals surface area (Å²) < 4.78 is 77.7. The summed E-state index contributed by atoms with van der Waals surface area (Å²) in [5.74, 6) is -1.81. The Morgan fingerprint density at radius 2 is 1.48 bits per heavy atom. The first-order chi connectivity index (χ1) is 10.5. The first kappa shape index (κ1) is 16.9. The van der Waals surface area contributed by atoms with Crippen LogP contribution in [0.25, 0.3) is 11.1 Å². The molecule has 0 saturated carbocycles. The van der Waals surface area contributed by atoms with Crippen molar-refractivity contribution in [3.63, 3.8) is 0 Å². The van der Waals surface area contributed by atoms with Crippen LogP contribution >= 0.6 is 0 Å². The second-order valence-corrected chi connectivity index (χ2v) is 4.61. The molecule has 0 fully saturated rings. The maximum absolute atomic E-state index is 13.2. The highest BCUT2D eigenvalue weighted by Gasteiger charge is 2.38. The van der Waals surface area contributed by atoms with E-state index < -0.39 is 40.6 Å². The minimum Gasteiger partial charge on any atom is -0.478 e. The second-order valence-electron chi connectivity index (χ2n) is 4.61. The molecule has 0 saturated heterocycles. The molecule has 122 valence electrons. The van der Waals surface area contributed by atoms with E-state index in [1.807, 2.05) is 0 Å². The molecule has 2 aromatic carbocycles. The number of carboxylic acid groups (broad SMARTS) is 1. The van der Waals surface area contributed by atoms with Crippen molar-refractivity contribution < 1.29 is 36.2 Å². The summed E-state index contributed by atoms with van der Waals surface area (Å²) in [7, 11) is 0. The molecule has 0 aliphatic carbocycles. The number of hydrogen-bond donors (Lipinski definition) is 1. The Labute approximate surface area is 126 Å². The molecule has 0 bridgehead atoms. The molecule has 0 amide bonds. The van der Waals surface area contributed by atoms with Gasteiger partial charge in [0.15, 0.2) is 0 Å². The highest BCUT2D eigenvalue weighted by atomic mass is 19.4. The smallest absolute Gasteiger partial charge is 0.417 e. The van der Waals surface area contributed by atoms with Crippen LogP contribution in [0.15, 0.2) is 42.5 Å². The zero-order valence-corrected chi connectivity index (χ0v) is 11.2. The molecule has 2 aromatic rings. The van der Waals surface area contributed by atoms with E-state index >= 15 is 0 Å². The van der Waals surface area contributed by atoms with Gasteiger partial charge in [0.2, 0.25) is 0 Å². The van der Waals surface area contributed by atoms with Gasteiger partial charge in [0.05, 0.1) is 16.7 Å². The van der Waals surface area contributed by atoms with Crippen LogP contribution in [0, 0.1) is 0 Å². The van der Waals surface area contributed by atoms with E-state index in [1.54, 1.807) is 0 Å².